The summed E-state index contributed by atoms with van der Waals surface area (Å²) in [5.41, 5.74) is -0.569. The van der Waals surface area contributed by atoms with Crippen LogP contribution in [0, 0.1) is 5.82 Å². The van der Waals surface area contributed by atoms with E-state index in [1.807, 2.05) is 6.92 Å². The molecular formula is C39H44F4O8. The third kappa shape index (κ3) is 14.2. The third-order valence-electron chi connectivity index (χ3n) is 7.91. The lowest BCUT2D eigenvalue weighted by molar-refractivity contribution is -0.206. The second-order valence-corrected chi connectivity index (χ2v) is 12.1. The zero-order chi connectivity index (χ0) is 37.2. The number of alkyl halides is 3. The van der Waals surface area contributed by atoms with E-state index < -0.39 is 41.6 Å². The topological polar surface area (TPSA) is 105 Å². The summed E-state index contributed by atoms with van der Waals surface area (Å²) in [5, 5.41) is 0. The normalized spacial score (nSPS) is 11.8. The zero-order valence-electron chi connectivity index (χ0n) is 28.9. The molecule has 276 valence electrons. The van der Waals surface area contributed by atoms with Gasteiger partial charge in [-0.05, 0) is 79.9 Å². The maximum atomic E-state index is 14.8. The first-order valence-corrected chi connectivity index (χ1v) is 17.3. The summed E-state index contributed by atoms with van der Waals surface area (Å²) in [4.78, 5) is 49.7. The van der Waals surface area contributed by atoms with Gasteiger partial charge in [-0.1, -0.05) is 71.6 Å². The van der Waals surface area contributed by atoms with Crippen LogP contribution in [0.15, 0.2) is 66.7 Å². The Morgan fingerprint density at radius 2 is 1.08 bits per heavy atom. The van der Waals surface area contributed by atoms with Crippen molar-refractivity contribution in [1.82, 2.24) is 0 Å². The van der Waals surface area contributed by atoms with Crippen molar-refractivity contribution in [3.05, 3.63) is 89.2 Å². The van der Waals surface area contributed by atoms with Crippen molar-refractivity contribution in [2.75, 3.05) is 0 Å². The van der Waals surface area contributed by atoms with Crippen LogP contribution in [-0.2, 0) is 9.53 Å². The van der Waals surface area contributed by atoms with E-state index in [9.17, 15) is 36.7 Å². The molecule has 0 heterocycles. The molecule has 0 radical (unpaired) electrons. The second kappa shape index (κ2) is 20.8. The van der Waals surface area contributed by atoms with Crippen molar-refractivity contribution in [1.29, 1.82) is 0 Å². The van der Waals surface area contributed by atoms with Gasteiger partial charge in [-0.25, -0.2) is 18.8 Å². The van der Waals surface area contributed by atoms with Gasteiger partial charge >= 0.3 is 30.1 Å². The average Bonchev–Trinajstić information content (AvgIpc) is 3.09. The molecule has 0 saturated carbocycles. The maximum absolute atomic E-state index is 14.8. The molecule has 0 aromatic heterocycles. The Labute approximate surface area is 295 Å². The van der Waals surface area contributed by atoms with Gasteiger partial charge in [0.1, 0.15) is 23.1 Å². The Kier molecular flexibility index (Phi) is 16.6. The molecule has 0 aliphatic rings. The van der Waals surface area contributed by atoms with Gasteiger partial charge in [0.05, 0.1) is 16.7 Å². The number of rotatable bonds is 20. The highest BCUT2D eigenvalue weighted by molar-refractivity contribution is 5.93. The molecule has 0 spiro atoms. The van der Waals surface area contributed by atoms with Gasteiger partial charge in [-0.15, -0.1) is 0 Å². The molecule has 51 heavy (non-hydrogen) atoms. The maximum Gasteiger partial charge on any atom is 0.425 e. The first-order chi connectivity index (χ1) is 24.4. The van der Waals surface area contributed by atoms with Crippen molar-refractivity contribution < 1.29 is 55.7 Å². The lowest BCUT2D eigenvalue weighted by Crippen LogP contribution is -2.33. The van der Waals surface area contributed by atoms with Gasteiger partial charge < -0.3 is 18.9 Å². The zero-order valence-corrected chi connectivity index (χ0v) is 28.9. The predicted molar refractivity (Wildman–Crippen MR) is 181 cm³/mol. The molecule has 0 aliphatic heterocycles. The number of ether oxygens (including phenoxy) is 4. The molecule has 12 heteroatoms. The quantitative estimate of drug-likeness (QED) is 0.0492. The van der Waals surface area contributed by atoms with Gasteiger partial charge in [-0.3, -0.25) is 4.79 Å². The Hall–Kier alpha value is -4.74. The fourth-order valence-corrected chi connectivity index (χ4v) is 5.02. The number of unbranched alkanes of at least 4 members (excludes halogenated alkanes) is 9. The van der Waals surface area contributed by atoms with Gasteiger partial charge in [0.25, 0.3) is 0 Å². The summed E-state index contributed by atoms with van der Waals surface area (Å²) < 4.78 is 75.4. The van der Waals surface area contributed by atoms with E-state index in [0.717, 1.165) is 74.9 Å². The molecule has 0 saturated heterocycles. The fraction of sp³-hybridized carbons (Fsp3) is 0.436. The van der Waals surface area contributed by atoms with Crippen LogP contribution < -0.4 is 14.2 Å². The Morgan fingerprint density at radius 1 is 0.588 bits per heavy atom. The van der Waals surface area contributed by atoms with E-state index in [0.29, 0.717) is 12.8 Å². The van der Waals surface area contributed by atoms with E-state index >= 15 is 0 Å². The Bertz CT molecular complexity index is 1570. The van der Waals surface area contributed by atoms with E-state index in [4.69, 9.17) is 18.9 Å². The Balaban J connectivity index is 1.49. The number of halogens is 4. The number of benzene rings is 3. The molecule has 8 nitrogen and oxygen atoms in total. The summed E-state index contributed by atoms with van der Waals surface area (Å²) in [6.07, 6.45) is 2.99. The highest BCUT2D eigenvalue weighted by Crippen LogP contribution is 2.29. The molecular weight excluding hydrogens is 672 g/mol. The van der Waals surface area contributed by atoms with Crippen LogP contribution in [0.3, 0.4) is 0 Å². The molecule has 3 aromatic rings. The van der Waals surface area contributed by atoms with Gasteiger partial charge in [0.2, 0.25) is 0 Å². The highest BCUT2D eigenvalue weighted by Gasteiger charge is 2.42. The van der Waals surface area contributed by atoms with E-state index in [-0.39, 0.29) is 47.2 Å². The van der Waals surface area contributed by atoms with Crippen molar-refractivity contribution in [2.45, 2.75) is 110 Å². The summed E-state index contributed by atoms with van der Waals surface area (Å²) in [6.45, 7) is 4.09. The minimum atomic E-state index is -4.72. The summed E-state index contributed by atoms with van der Waals surface area (Å²) >= 11 is 0. The van der Waals surface area contributed by atoms with Crippen LogP contribution in [0.2, 0.25) is 0 Å². The minimum Gasteiger partial charge on any atom is -0.449 e. The van der Waals surface area contributed by atoms with Crippen LogP contribution in [0.4, 0.5) is 17.6 Å². The van der Waals surface area contributed by atoms with Crippen LogP contribution in [0.25, 0.3) is 0 Å². The monoisotopic (exact) mass is 716 g/mol. The first-order valence-electron chi connectivity index (χ1n) is 17.3. The third-order valence-corrected chi connectivity index (χ3v) is 7.91. The molecule has 0 bridgehead atoms. The fourth-order valence-electron chi connectivity index (χ4n) is 5.02. The number of hydrogen-bond acceptors (Lipinski definition) is 8. The second-order valence-electron chi connectivity index (χ2n) is 12.1. The first kappa shape index (κ1) is 40.7. The Morgan fingerprint density at radius 3 is 1.65 bits per heavy atom. The van der Waals surface area contributed by atoms with E-state index in [1.54, 1.807) is 0 Å². The smallest absolute Gasteiger partial charge is 0.425 e. The van der Waals surface area contributed by atoms with Crippen LogP contribution >= 0.6 is 0 Å². The molecule has 0 amide bonds. The van der Waals surface area contributed by atoms with Crippen LogP contribution in [0.5, 0.6) is 17.2 Å². The standard InChI is InChI=1S/C39H44F4O8/c1-3-5-7-9-10-11-13-15-35(44)48-29-20-16-27(17-21-29)36(45)50-31-24-25-32(33(40)26-31)38(47)49-30-22-18-28(19-23-30)37(46)51-34(39(41,42)43)14-12-8-6-4-2/h16-26,34H,3-15H2,1-2H3. The van der Waals surface area contributed by atoms with Gasteiger partial charge in [-0.2, -0.15) is 13.2 Å². The summed E-state index contributed by atoms with van der Waals surface area (Å²) in [5.74, 6) is -4.55. The van der Waals surface area contributed by atoms with E-state index in [1.165, 1.54) is 49.6 Å². The highest BCUT2D eigenvalue weighted by atomic mass is 19.4. The number of esters is 4. The number of carbonyl (C=O) groups is 4. The van der Waals surface area contributed by atoms with Gasteiger partial charge in [0, 0.05) is 12.5 Å². The summed E-state index contributed by atoms with van der Waals surface area (Å²) in [6, 6.07) is 13.3. The van der Waals surface area contributed by atoms with Crippen molar-refractivity contribution in [3.8, 4) is 17.2 Å². The van der Waals surface area contributed by atoms with Crippen molar-refractivity contribution in [3.63, 3.8) is 0 Å². The molecule has 3 rings (SSSR count). The van der Waals surface area contributed by atoms with E-state index in [2.05, 4.69) is 6.92 Å². The van der Waals surface area contributed by atoms with Crippen molar-refractivity contribution >= 4 is 23.9 Å². The van der Waals surface area contributed by atoms with Gasteiger partial charge in [0.15, 0.2) is 6.10 Å². The largest absolute Gasteiger partial charge is 0.449 e. The minimum absolute atomic E-state index is 0.106. The molecule has 1 unspecified atom stereocenters. The van der Waals surface area contributed by atoms with Crippen molar-refractivity contribution in [2.24, 2.45) is 0 Å². The molecule has 1 atom stereocenters. The lowest BCUT2D eigenvalue weighted by Gasteiger charge is -2.20. The van der Waals surface area contributed by atoms with Crippen LogP contribution in [-0.4, -0.2) is 36.2 Å². The molecule has 0 N–H and O–H groups in total. The molecule has 0 fully saturated rings. The van der Waals surface area contributed by atoms with Crippen LogP contribution in [0.1, 0.15) is 128 Å². The molecule has 0 aliphatic carbocycles. The predicted octanol–water partition coefficient (Wildman–Crippen LogP) is 10.4. The molecule has 3 aromatic carbocycles. The average molecular weight is 717 g/mol. The number of hydrogen-bond donors (Lipinski definition) is 0. The number of carbonyl (C=O) groups excluding carboxylic acids is 4. The lowest BCUT2D eigenvalue weighted by atomic mass is 10.1. The summed E-state index contributed by atoms with van der Waals surface area (Å²) in [7, 11) is 0. The SMILES string of the molecule is CCCCCCCCCC(=O)Oc1ccc(C(=O)Oc2ccc(C(=O)Oc3ccc(C(=O)OC(CCCCCC)C(F)(F)F)cc3)c(F)c2)cc1.